The van der Waals surface area contributed by atoms with Crippen LogP contribution in [0.3, 0.4) is 0 Å². The highest BCUT2D eigenvalue weighted by Gasteiger charge is 2.22. The summed E-state index contributed by atoms with van der Waals surface area (Å²) >= 11 is 0. The van der Waals surface area contributed by atoms with E-state index in [4.69, 9.17) is 15.0 Å². The maximum Gasteiger partial charge on any atom is 0.231 e. The summed E-state index contributed by atoms with van der Waals surface area (Å²) in [6.45, 7) is 6.75. The monoisotopic (exact) mass is 275 g/mol. The smallest absolute Gasteiger partial charge is 0.231 e. The summed E-state index contributed by atoms with van der Waals surface area (Å²) in [5.41, 5.74) is 7.50. The Morgan fingerprint density at radius 3 is 2.55 bits per heavy atom. The molecule has 108 valence electrons. The Labute approximate surface area is 119 Å². The van der Waals surface area contributed by atoms with E-state index in [1.807, 2.05) is 31.2 Å². The first kappa shape index (κ1) is 14.5. The summed E-state index contributed by atoms with van der Waals surface area (Å²) in [6.07, 6.45) is 0.480. The quantitative estimate of drug-likeness (QED) is 0.820. The van der Waals surface area contributed by atoms with Crippen LogP contribution in [-0.2, 0) is 11.2 Å². The number of nitrogens with two attached hydrogens (primary N) is 1. The Kier molecular flexibility index (Phi) is 4.74. The first-order valence-corrected chi connectivity index (χ1v) is 6.88. The lowest BCUT2D eigenvalue weighted by atomic mass is 10.1. The standard InChI is InChI=1S/C15H21N3O2/c1-4-19-14(10(2)3)15-17-13(20-18-15)9-11-5-7-12(16)8-6-11/h5-8,10,14H,4,9,16H2,1-3H3. The fraction of sp³-hybridized carbons (Fsp3) is 0.467. The summed E-state index contributed by atoms with van der Waals surface area (Å²) in [5, 5.41) is 4.03. The van der Waals surface area contributed by atoms with Crippen LogP contribution in [0, 0.1) is 5.92 Å². The van der Waals surface area contributed by atoms with Gasteiger partial charge in [0, 0.05) is 12.3 Å². The maximum absolute atomic E-state index is 5.67. The van der Waals surface area contributed by atoms with Gasteiger partial charge >= 0.3 is 0 Å². The molecule has 5 heteroatoms. The van der Waals surface area contributed by atoms with Crippen molar-refractivity contribution in [1.29, 1.82) is 0 Å². The predicted octanol–water partition coefficient (Wildman–Crippen LogP) is 2.98. The molecule has 1 atom stereocenters. The number of hydrogen-bond donors (Lipinski definition) is 1. The maximum atomic E-state index is 5.67. The van der Waals surface area contributed by atoms with Crippen LogP contribution in [0.1, 0.15) is 44.2 Å². The van der Waals surface area contributed by atoms with E-state index in [1.165, 1.54) is 0 Å². The summed E-state index contributed by atoms with van der Waals surface area (Å²) < 4.78 is 11.0. The van der Waals surface area contributed by atoms with E-state index in [0.717, 1.165) is 11.3 Å². The molecule has 0 saturated carbocycles. The summed E-state index contributed by atoms with van der Waals surface area (Å²) in [4.78, 5) is 4.43. The molecule has 2 N–H and O–H groups in total. The Bertz CT molecular complexity index is 534. The molecule has 20 heavy (non-hydrogen) atoms. The first-order chi connectivity index (χ1) is 9.60. The molecule has 2 rings (SSSR count). The van der Waals surface area contributed by atoms with Gasteiger partial charge in [-0.15, -0.1) is 0 Å². The lowest BCUT2D eigenvalue weighted by Crippen LogP contribution is -2.12. The molecule has 0 fully saturated rings. The van der Waals surface area contributed by atoms with Crippen molar-refractivity contribution in [2.45, 2.75) is 33.3 Å². The largest absolute Gasteiger partial charge is 0.399 e. The van der Waals surface area contributed by atoms with Crippen LogP contribution in [0.25, 0.3) is 0 Å². The van der Waals surface area contributed by atoms with Crippen LogP contribution in [0.15, 0.2) is 28.8 Å². The van der Waals surface area contributed by atoms with Crippen LogP contribution in [-0.4, -0.2) is 16.7 Å². The predicted molar refractivity (Wildman–Crippen MR) is 77.2 cm³/mol. The Morgan fingerprint density at radius 2 is 1.95 bits per heavy atom. The fourth-order valence-electron chi connectivity index (χ4n) is 2.01. The summed E-state index contributed by atoms with van der Waals surface area (Å²) in [6, 6.07) is 7.65. The van der Waals surface area contributed by atoms with Gasteiger partial charge in [-0.1, -0.05) is 31.1 Å². The number of anilines is 1. The van der Waals surface area contributed by atoms with Gasteiger partial charge in [-0.25, -0.2) is 0 Å². The molecule has 0 aliphatic rings. The zero-order valence-corrected chi connectivity index (χ0v) is 12.2. The Morgan fingerprint density at radius 1 is 1.25 bits per heavy atom. The topological polar surface area (TPSA) is 74.2 Å². The minimum absolute atomic E-state index is 0.121. The summed E-state index contributed by atoms with van der Waals surface area (Å²) in [7, 11) is 0. The van der Waals surface area contributed by atoms with Gasteiger partial charge in [-0.05, 0) is 30.5 Å². The second kappa shape index (κ2) is 6.52. The average Bonchev–Trinajstić information content (AvgIpc) is 2.86. The fourth-order valence-corrected chi connectivity index (χ4v) is 2.01. The van der Waals surface area contributed by atoms with Crippen LogP contribution in [0.2, 0.25) is 0 Å². The van der Waals surface area contributed by atoms with Crippen LogP contribution < -0.4 is 5.73 Å². The van der Waals surface area contributed by atoms with Gasteiger partial charge in [0.2, 0.25) is 11.7 Å². The van der Waals surface area contributed by atoms with Crippen LogP contribution in [0.5, 0.6) is 0 Å². The highest BCUT2D eigenvalue weighted by molar-refractivity contribution is 5.39. The number of hydrogen-bond acceptors (Lipinski definition) is 5. The molecule has 5 nitrogen and oxygen atoms in total. The molecule has 0 spiro atoms. The van der Waals surface area contributed by atoms with E-state index in [-0.39, 0.29) is 6.10 Å². The van der Waals surface area contributed by atoms with E-state index >= 15 is 0 Å². The molecule has 0 aliphatic heterocycles. The lowest BCUT2D eigenvalue weighted by molar-refractivity contribution is 0.0217. The molecular formula is C15H21N3O2. The minimum atomic E-state index is -0.121. The molecule has 1 aromatic carbocycles. The minimum Gasteiger partial charge on any atom is -0.399 e. The Balaban J connectivity index is 2.09. The van der Waals surface area contributed by atoms with E-state index in [1.54, 1.807) is 0 Å². The van der Waals surface area contributed by atoms with Gasteiger partial charge in [0.15, 0.2) is 0 Å². The third kappa shape index (κ3) is 3.57. The second-order valence-corrected chi connectivity index (χ2v) is 5.08. The van der Waals surface area contributed by atoms with Gasteiger partial charge in [-0.3, -0.25) is 0 Å². The van der Waals surface area contributed by atoms with Crippen molar-refractivity contribution in [2.24, 2.45) is 5.92 Å². The van der Waals surface area contributed by atoms with Crippen molar-refractivity contribution >= 4 is 5.69 Å². The highest BCUT2D eigenvalue weighted by Crippen LogP contribution is 2.23. The first-order valence-electron chi connectivity index (χ1n) is 6.88. The van der Waals surface area contributed by atoms with Crippen molar-refractivity contribution in [2.75, 3.05) is 12.3 Å². The van der Waals surface area contributed by atoms with Gasteiger partial charge in [0.05, 0.1) is 6.42 Å². The third-order valence-electron chi connectivity index (χ3n) is 3.03. The number of aromatic nitrogens is 2. The third-order valence-corrected chi connectivity index (χ3v) is 3.03. The highest BCUT2D eigenvalue weighted by atomic mass is 16.5. The molecule has 1 heterocycles. The molecule has 1 unspecified atom stereocenters. The zero-order chi connectivity index (χ0) is 14.5. The van der Waals surface area contributed by atoms with Gasteiger partial charge in [-0.2, -0.15) is 4.98 Å². The van der Waals surface area contributed by atoms with Crippen molar-refractivity contribution in [3.05, 3.63) is 41.5 Å². The van der Waals surface area contributed by atoms with Crippen molar-refractivity contribution in [3.8, 4) is 0 Å². The normalized spacial score (nSPS) is 12.8. The number of nitrogens with zero attached hydrogens (tertiary/aromatic N) is 2. The summed E-state index contributed by atoms with van der Waals surface area (Å²) in [5.74, 6) is 1.51. The molecule has 0 radical (unpaired) electrons. The zero-order valence-electron chi connectivity index (χ0n) is 12.2. The molecule has 1 aromatic heterocycles. The second-order valence-electron chi connectivity index (χ2n) is 5.08. The SMILES string of the molecule is CCOC(c1noc(Cc2ccc(N)cc2)n1)C(C)C. The average molecular weight is 275 g/mol. The lowest BCUT2D eigenvalue weighted by Gasteiger charge is -2.16. The molecule has 2 aromatic rings. The van der Waals surface area contributed by atoms with Crippen molar-refractivity contribution in [3.63, 3.8) is 0 Å². The number of benzene rings is 1. The molecule has 0 saturated heterocycles. The van der Waals surface area contributed by atoms with E-state index < -0.39 is 0 Å². The van der Waals surface area contributed by atoms with E-state index in [0.29, 0.717) is 30.7 Å². The number of nitrogen functional groups attached to an aromatic ring is 1. The van der Waals surface area contributed by atoms with Gasteiger partial charge in [0.25, 0.3) is 0 Å². The number of ether oxygens (including phenoxy) is 1. The van der Waals surface area contributed by atoms with E-state index in [2.05, 4.69) is 24.0 Å². The molecule has 0 amide bonds. The van der Waals surface area contributed by atoms with E-state index in [9.17, 15) is 0 Å². The molecular weight excluding hydrogens is 254 g/mol. The van der Waals surface area contributed by atoms with Crippen LogP contribution >= 0.6 is 0 Å². The number of rotatable bonds is 6. The molecule has 0 bridgehead atoms. The van der Waals surface area contributed by atoms with Crippen molar-refractivity contribution < 1.29 is 9.26 Å². The van der Waals surface area contributed by atoms with Crippen LogP contribution in [0.4, 0.5) is 5.69 Å². The molecule has 0 aliphatic carbocycles. The van der Waals surface area contributed by atoms with Crippen molar-refractivity contribution in [1.82, 2.24) is 10.1 Å². The van der Waals surface area contributed by atoms with Gasteiger partial charge in [0.1, 0.15) is 6.10 Å². The van der Waals surface area contributed by atoms with Gasteiger partial charge < -0.3 is 15.0 Å². The Hall–Kier alpha value is -1.88.